The van der Waals surface area contributed by atoms with Gasteiger partial charge in [0.2, 0.25) is 0 Å². The molecule has 0 fully saturated rings. The molecule has 0 spiro atoms. The van der Waals surface area contributed by atoms with Crippen LogP contribution in [0.3, 0.4) is 0 Å². The average Bonchev–Trinajstić information content (AvgIpc) is 2.17. The van der Waals surface area contributed by atoms with Crippen LogP contribution in [0.2, 0.25) is 0 Å². The molecule has 5 heteroatoms. The van der Waals surface area contributed by atoms with E-state index in [9.17, 15) is 9.59 Å². The van der Waals surface area contributed by atoms with Crippen molar-refractivity contribution in [1.82, 2.24) is 0 Å². The average molecular weight is 259 g/mol. The molecule has 0 aliphatic heterocycles. The molecule has 0 aliphatic carbocycles. The predicted molar refractivity (Wildman–Crippen MR) is 52.4 cm³/mol. The van der Waals surface area contributed by atoms with Crippen molar-refractivity contribution in [1.29, 1.82) is 0 Å². The van der Waals surface area contributed by atoms with E-state index in [4.69, 9.17) is 5.11 Å². The molecule has 1 aromatic carbocycles. The fourth-order valence-electron chi connectivity index (χ4n) is 0.934. The van der Waals surface area contributed by atoms with Crippen molar-refractivity contribution in [2.24, 2.45) is 0 Å². The molecular weight excluding hydrogens is 252 g/mol. The maximum atomic E-state index is 11.1. The molecule has 14 heavy (non-hydrogen) atoms. The number of carbonyl (C=O) groups excluding carboxylic acids is 1. The molecule has 0 saturated carbocycles. The minimum atomic E-state index is -1.09. The summed E-state index contributed by atoms with van der Waals surface area (Å²) < 4.78 is 4.89. The summed E-state index contributed by atoms with van der Waals surface area (Å²) in [5.74, 6) is -1.65. The van der Waals surface area contributed by atoms with Crippen LogP contribution in [-0.2, 0) is 4.74 Å². The Hall–Kier alpha value is -1.36. The third-order valence-electron chi connectivity index (χ3n) is 1.62. The molecule has 0 bridgehead atoms. The van der Waals surface area contributed by atoms with E-state index < -0.39 is 11.9 Å². The van der Waals surface area contributed by atoms with Crippen molar-refractivity contribution < 1.29 is 19.4 Å². The number of rotatable bonds is 2. The van der Waals surface area contributed by atoms with E-state index in [-0.39, 0.29) is 11.1 Å². The van der Waals surface area contributed by atoms with E-state index in [2.05, 4.69) is 20.7 Å². The maximum absolute atomic E-state index is 11.1. The Morgan fingerprint density at radius 3 is 2.57 bits per heavy atom. The minimum Gasteiger partial charge on any atom is -0.478 e. The number of carbonyl (C=O) groups is 2. The summed E-state index contributed by atoms with van der Waals surface area (Å²) in [6.45, 7) is 0. The SMILES string of the molecule is COC(=O)c1ccc(Br)c(C(=O)O)c1. The quantitative estimate of drug-likeness (QED) is 0.824. The number of ether oxygens (including phenoxy) is 1. The molecule has 0 aliphatic rings. The highest BCUT2D eigenvalue weighted by Crippen LogP contribution is 2.18. The highest BCUT2D eigenvalue weighted by Gasteiger charge is 2.12. The highest BCUT2D eigenvalue weighted by molar-refractivity contribution is 9.10. The van der Waals surface area contributed by atoms with Gasteiger partial charge in [-0.2, -0.15) is 0 Å². The molecule has 1 rings (SSSR count). The van der Waals surface area contributed by atoms with E-state index in [1.165, 1.54) is 25.3 Å². The lowest BCUT2D eigenvalue weighted by Crippen LogP contribution is -2.05. The number of hydrogen-bond donors (Lipinski definition) is 1. The monoisotopic (exact) mass is 258 g/mol. The zero-order valence-corrected chi connectivity index (χ0v) is 8.87. The summed E-state index contributed by atoms with van der Waals surface area (Å²) in [5.41, 5.74) is 0.251. The molecule has 0 aromatic heterocycles. The van der Waals surface area contributed by atoms with Crippen LogP contribution in [-0.4, -0.2) is 24.2 Å². The van der Waals surface area contributed by atoms with Gasteiger partial charge in [0, 0.05) is 4.47 Å². The second-order valence-corrected chi connectivity index (χ2v) is 3.35. The van der Waals surface area contributed by atoms with E-state index in [1.54, 1.807) is 0 Å². The Labute approximate surface area is 88.6 Å². The Balaban J connectivity index is 3.19. The number of hydrogen-bond acceptors (Lipinski definition) is 3. The molecule has 0 heterocycles. The Morgan fingerprint density at radius 2 is 2.07 bits per heavy atom. The van der Waals surface area contributed by atoms with Crippen LogP contribution >= 0.6 is 15.9 Å². The fourth-order valence-corrected chi connectivity index (χ4v) is 1.35. The van der Waals surface area contributed by atoms with E-state index in [0.717, 1.165) is 0 Å². The fraction of sp³-hybridized carbons (Fsp3) is 0.111. The first-order valence-corrected chi connectivity index (χ1v) is 4.46. The van der Waals surface area contributed by atoms with Crippen molar-refractivity contribution in [2.75, 3.05) is 7.11 Å². The van der Waals surface area contributed by atoms with Crippen molar-refractivity contribution >= 4 is 27.9 Å². The number of methoxy groups -OCH3 is 1. The zero-order chi connectivity index (χ0) is 10.7. The van der Waals surface area contributed by atoms with Gasteiger partial charge in [-0.15, -0.1) is 0 Å². The number of carboxylic acids is 1. The van der Waals surface area contributed by atoms with Gasteiger partial charge in [0.1, 0.15) is 0 Å². The predicted octanol–water partition coefficient (Wildman–Crippen LogP) is 1.93. The normalized spacial score (nSPS) is 9.57. The first-order chi connectivity index (χ1) is 6.56. The van der Waals surface area contributed by atoms with Crippen LogP contribution in [0.4, 0.5) is 0 Å². The summed E-state index contributed by atoms with van der Waals surface area (Å²) in [4.78, 5) is 21.8. The van der Waals surface area contributed by atoms with Gasteiger partial charge in [-0.3, -0.25) is 0 Å². The lowest BCUT2D eigenvalue weighted by Gasteiger charge is -2.02. The number of halogens is 1. The third kappa shape index (κ3) is 2.11. The van der Waals surface area contributed by atoms with Crippen LogP contribution in [0.5, 0.6) is 0 Å². The summed E-state index contributed by atoms with van der Waals surface area (Å²) >= 11 is 3.07. The highest BCUT2D eigenvalue weighted by atomic mass is 79.9. The molecule has 0 unspecified atom stereocenters. The van der Waals surface area contributed by atoms with Gasteiger partial charge in [-0.1, -0.05) is 0 Å². The van der Waals surface area contributed by atoms with Crippen molar-refractivity contribution in [3.63, 3.8) is 0 Å². The number of carboxylic acid groups (broad SMARTS) is 1. The molecule has 0 atom stereocenters. The maximum Gasteiger partial charge on any atom is 0.337 e. The van der Waals surface area contributed by atoms with Gasteiger partial charge < -0.3 is 9.84 Å². The summed E-state index contributed by atoms with van der Waals surface area (Å²) in [6.07, 6.45) is 0. The number of esters is 1. The van der Waals surface area contributed by atoms with Crippen LogP contribution in [0.1, 0.15) is 20.7 Å². The second-order valence-electron chi connectivity index (χ2n) is 2.49. The summed E-state index contributed by atoms with van der Waals surface area (Å²) in [6, 6.07) is 4.25. The lowest BCUT2D eigenvalue weighted by molar-refractivity contribution is 0.0600. The van der Waals surface area contributed by atoms with Crippen LogP contribution in [0.15, 0.2) is 22.7 Å². The molecule has 0 amide bonds. The summed E-state index contributed by atoms with van der Waals surface area (Å²) in [7, 11) is 1.24. The largest absolute Gasteiger partial charge is 0.478 e. The second kappa shape index (κ2) is 4.23. The van der Waals surface area contributed by atoms with E-state index in [0.29, 0.717) is 4.47 Å². The number of aromatic carboxylic acids is 1. The van der Waals surface area contributed by atoms with Gasteiger partial charge >= 0.3 is 11.9 Å². The molecule has 0 radical (unpaired) electrons. The molecule has 1 N–H and O–H groups in total. The third-order valence-corrected chi connectivity index (χ3v) is 2.31. The van der Waals surface area contributed by atoms with Gasteiger partial charge in [0.05, 0.1) is 18.2 Å². The molecule has 4 nitrogen and oxygen atoms in total. The van der Waals surface area contributed by atoms with Crippen molar-refractivity contribution in [3.8, 4) is 0 Å². The van der Waals surface area contributed by atoms with E-state index >= 15 is 0 Å². The van der Waals surface area contributed by atoms with Crippen molar-refractivity contribution in [3.05, 3.63) is 33.8 Å². The Bertz CT molecular complexity index is 386. The van der Waals surface area contributed by atoms with Crippen LogP contribution in [0, 0.1) is 0 Å². The summed E-state index contributed by atoms with van der Waals surface area (Å²) in [5, 5.41) is 8.76. The first kappa shape index (κ1) is 10.7. The topological polar surface area (TPSA) is 63.6 Å². The molecule has 74 valence electrons. The molecule has 0 saturated heterocycles. The number of benzene rings is 1. The Kier molecular flexibility index (Phi) is 3.24. The lowest BCUT2D eigenvalue weighted by atomic mass is 10.1. The van der Waals surface area contributed by atoms with Gasteiger partial charge in [-0.25, -0.2) is 9.59 Å². The zero-order valence-electron chi connectivity index (χ0n) is 7.28. The van der Waals surface area contributed by atoms with Gasteiger partial charge in [-0.05, 0) is 34.1 Å². The minimum absolute atomic E-state index is 0.0351. The smallest absolute Gasteiger partial charge is 0.337 e. The molecular formula is C9H7BrO4. The Morgan fingerprint density at radius 1 is 1.43 bits per heavy atom. The molecule has 1 aromatic rings. The van der Waals surface area contributed by atoms with Gasteiger partial charge in [0.15, 0.2) is 0 Å². The van der Waals surface area contributed by atoms with E-state index in [1.807, 2.05) is 0 Å². The standard InChI is InChI=1S/C9H7BrO4/c1-14-9(13)5-2-3-7(10)6(4-5)8(11)12/h2-4H,1H3,(H,11,12). The van der Waals surface area contributed by atoms with Crippen molar-refractivity contribution in [2.45, 2.75) is 0 Å². The van der Waals surface area contributed by atoms with Crippen LogP contribution in [0.25, 0.3) is 0 Å². The van der Waals surface area contributed by atoms with Crippen LogP contribution < -0.4 is 0 Å². The first-order valence-electron chi connectivity index (χ1n) is 3.67. The van der Waals surface area contributed by atoms with Gasteiger partial charge in [0.25, 0.3) is 0 Å².